The van der Waals surface area contributed by atoms with Crippen molar-refractivity contribution in [3.05, 3.63) is 32.4 Å². The molecular weight excluding hydrogens is 643 g/mol. The first kappa shape index (κ1) is 35.3. The molecule has 0 spiro atoms. The van der Waals surface area contributed by atoms with Gasteiger partial charge < -0.3 is 0 Å². The van der Waals surface area contributed by atoms with E-state index in [-0.39, 0.29) is 18.6 Å². The van der Waals surface area contributed by atoms with Crippen LogP contribution in [0.4, 0.5) is 26.3 Å². The number of carbonyl (C=O) groups is 2. The molecule has 1 aromatic carbocycles. The number of unbranched alkanes of at least 4 members (excludes halogenated alkanes) is 14. The molecular formula is C27H38F6INO4. The van der Waals surface area contributed by atoms with Crippen LogP contribution in [-0.4, -0.2) is 11.8 Å². The Kier molecular flexibility index (Phi) is 16.2. The molecule has 0 heterocycles. The van der Waals surface area contributed by atoms with Crippen molar-refractivity contribution in [3.63, 3.8) is 0 Å². The molecule has 0 aromatic heterocycles. The quantitative estimate of drug-likeness (QED) is 0.0951. The molecule has 1 N–H and O–H groups in total. The molecule has 0 saturated heterocycles. The zero-order valence-electron chi connectivity index (χ0n) is 22.2. The third-order valence-corrected chi connectivity index (χ3v) is 8.41. The third-order valence-electron chi connectivity index (χ3n) is 6.36. The van der Waals surface area contributed by atoms with Gasteiger partial charge in [0.1, 0.15) is 3.57 Å². The monoisotopic (exact) mass is 681 g/mol. The second-order valence-corrected chi connectivity index (χ2v) is 12.0. The Balaban J connectivity index is 2.45. The summed E-state index contributed by atoms with van der Waals surface area (Å²) in [6.45, 7) is 2.20. The number of halogens is 7. The molecule has 39 heavy (non-hydrogen) atoms. The number of amides is 2. The van der Waals surface area contributed by atoms with E-state index in [0.717, 1.165) is 25.7 Å². The van der Waals surface area contributed by atoms with Crippen molar-refractivity contribution in [3.8, 4) is 0 Å². The number of alkyl halides is 6. The fourth-order valence-corrected chi connectivity index (χ4v) is 6.05. The van der Waals surface area contributed by atoms with Crippen molar-refractivity contribution in [2.24, 2.45) is 0 Å². The van der Waals surface area contributed by atoms with E-state index in [1.54, 1.807) is 5.32 Å². The van der Waals surface area contributed by atoms with Crippen molar-refractivity contribution in [1.29, 1.82) is 0 Å². The van der Waals surface area contributed by atoms with Gasteiger partial charge in [-0.25, -0.2) is 6.14 Å². The minimum atomic E-state index is -5.45. The maximum atomic E-state index is 13.3. The molecule has 0 bridgehead atoms. The van der Waals surface area contributed by atoms with Gasteiger partial charge in [-0.05, 0) is 18.6 Å². The zero-order chi connectivity index (χ0) is 29.5. The lowest BCUT2D eigenvalue weighted by Gasteiger charge is -2.16. The van der Waals surface area contributed by atoms with Crippen LogP contribution in [0.25, 0.3) is 0 Å². The second kappa shape index (κ2) is 17.9. The number of imide groups is 1. The summed E-state index contributed by atoms with van der Waals surface area (Å²) in [6.07, 6.45) is 5.63. The van der Waals surface area contributed by atoms with Crippen LogP contribution in [0.3, 0.4) is 0 Å². The first-order valence-corrected chi connectivity index (χ1v) is 16.3. The summed E-state index contributed by atoms with van der Waals surface area (Å²) in [6, 6.07) is -0.315. The number of hydrogen-bond acceptors (Lipinski definition) is 4. The van der Waals surface area contributed by atoms with Crippen molar-refractivity contribution in [1.82, 2.24) is 5.32 Å². The van der Waals surface area contributed by atoms with Gasteiger partial charge in [0.25, 0.3) is 5.91 Å². The van der Waals surface area contributed by atoms with E-state index in [4.69, 9.17) is 0 Å². The number of benzene rings is 1. The highest BCUT2D eigenvalue weighted by molar-refractivity contribution is 14.2. The first-order valence-electron chi connectivity index (χ1n) is 13.5. The highest BCUT2D eigenvalue weighted by atomic mass is 127. The van der Waals surface area contributed by atoms with Crippen LogP contribution < -0.4 is 5.32 Å². The summed E-state index contributed by atoms with van der Waals surface area (Å²) in [4.78, 5) is 24.5. The van der Waals surface area contributed by atoms with E-state index in [9.17, 15) is 42.1 Å². The molecule has 5 nitrogen and oxygen atoms in total. The largest absolute Gasteiger partial charge is 0.417 e. The SMILES string of the molecule is CCCCCCCCCCCCCCCCCC(=O)NC(=O)c1cc(C(F)(F)F)cc(C(F)(F)F)c1I(=O)=O. The second-order valence-electron chi connectivity index (χ2n) is 9.68. The Hall–Kier alpha value is -1.73. The van der Waals surface area contributed by atoms with Crippen LogP contribution in [0.1, 0.15) is 131 Å². The molecule has 0 aliphatic carbocycles. The lowest BCUT2D eigenvalue weighted by atomic mass is 10.0. The predicted molar refractivity (Wildman–Crippen MR) is 143 cm³/mol. The zero-order valence-corrected chi connectivity index (χ0v) is 24.4. The highest BCUT2D eigenvalue weighted by Gasteiger charge is 2.42. The standard InChI is InChI=1S/C27H38F6INO4/c1-2-3-4-5-6-7-8-9-10-11-12-13-14-15-16-17-23(36)35-25(37)21-18-20(26(28,29)30)19-22(27(31,32)33)24(21)34(38)39/h18-19H,2-17H2,1H3,(H,35,36,37). The molecule has 0 radical (unpaired) electrons. The normalized spacial score (nSPS) is 12.2. The summed E-state index contributed by atoms with van der Waals surface area (Å²) in [5.41, 5.74) is -5.25. The molecule has 2 amide bonds. The lowest BCUT2D eigenvalue weighted by molar-refractivity contribution is -0.143. The topological polar surface area (TPSA) is 80.3 Å². The fourth-order valence-electron chi connectivity index (χ4n) is 4.24. The molecule has 0 fully saturated rings. The number of rotatable bonds is 18. The van der Waals surface area contributed by atoms with E-state index in [1.807, 2.05) is 0 Å². The summed E-state index contributed by atoms with van der Waals surface area (Å²) < 4.78 is 101. The van der Waals surface area contributed by atoms with Crippen LogP contribution in [0.15, 0.2) is 12.1 Å². The van der Waals surface area contributed by atoms with Gasteiger partial charge in [0.15, 0.2) is 0 Å². The van der Waals surface area contributed by atoms with Crippen molar-refractivity contribution in [2.75, 3.05) is 0 Å². The third kappa shape index (κ3) is 13.9. The van der Waals surface area contributed by atoms with Gasteiger partial charge in [-0.15, -0.1) is 0 Å². The van der Waals surface area contributed by atoms with E-state index in [2.05, 4.69) is 6.92 Å². The molecule has 0 aliphatic heterocycles. The van der Waals surface area contributed by atoms with Gasteiger partial charge >= 0.3 is 32.1 Å². The van der Waals surface area contributed by atoms with E-state index >= 15 is 0 Å². The van der Waals surface area contributed by atoms with Gasteiger partial charge in [0.05, 0.1) is 16.7 Å². The van der Waals surface area contributed by atoms with E-state index in [0.29, 0.717) is 12.8 Å². The van der Waals surface area contributed by atoms with Crippen LogP contribution in [0.5, 0.6) is 0 Å². The van der Waals surface area contributed by atoms with Gasteiger partial charge in [0, 0.05) is 6.42 Å². The summed E-state index contributed by atoms with van der Waals surface area (Å²) >= 11 is -5.09. The van der Waals surface area contributed by atoms with Gasteiger partial charge in [-0.1, -0.05) is 96.8 Å². The summed E-state index contributed by atoms with van der Waals surface area (Å²) in [7, 11) is 0. The lowest BCUT2D eigenvalue weighted by Crippen LogP contribution is -2.32. The Morgan fingerprint density at radius 3 is 1.51 bits per heavy atom. The number of hydrogen-bond donors (Lipinski definition) is 1. The van der Waals surface area contributed by atoms with Gasteiger partial charge in [0.2, 0.25) is 5.91 Å². The molecule has 0 unspecified atom stereocenters. The van der Waals surface area contributed by atoms with E-state index < -0.39 is 64.2 Å². The van der Waals surface area contributed by atoms with Crippen LogP contribution in [0.2, 0.25) is 0 Å². The Morgan fingerprint density at radius 2 is 1.13 bits per heavy atom. The van der Waals surface area contributed by atoms with Crippen molar-refractivity contribution >= 4 is 31.6 Å². The molecule has 1 aromatic rings. The van der Waals surface area contributed by atoms with Crippen molar-refractivity contribution in [2.45, 2.75) is 122 Å². The minimum Gasteiger partial charge on any atom is -0.292 e. The highest BCUT2D eigenvalue weighted by Crippen LogP contribution is 2.41. The minimum absolute atomic E-state index is 0.0288. The van der Waals surface area contributed by atoms with Crippen LogP contribution >= 0.6 is 19.8 Å². The maximum Gasteiger partial charge on any atom is 0.417 e. The summed E-state index contributed by atoms with van der Waals surface area (Å²) in [5.74, 6) is -2.51. The number of carbonyl (C=O) groups excluding carboxylic acids is 2. The maximum absolute atomic E-state index is 13.3. The summed E-state index contributed by atoms with van der Waals surface area (Å²) in [5, 5.41) is 1.73. The average molecular weight is 681 g/mol. The predicted octanol–water partition coefficient (Wildman–Crippen LogP) is 9.61. The molecule has 12 heteroatoms. The molecule has 0 saturated carbocycles. The number of nitrogens with one attached hydrogen (secondary N) is 1. The first-order chi connectivity index (χ1) is 18.3. The van der Waals surface area contributed by atoms with Crippen LogP contribution in [0, 0.1) is 3.57 Å². The van der Waals surface area contributed by atoms with Gasteiger partial charge in [-0.3, -0.25) is 14.9 Å². The van der Waals surface area contributed by atoms with Crippen LogP contribution in [-0.2, 0) is 23.3 Å². The van der Waals surface area contributed by atoms with Gasteiger partial charge in [-0.2, -0.15) is 26.3 Å². The Morgan fingerprint density at radius 1 is 0.692 bits per heavy atom. The fraction of sp³-hybridized carbons (Fsp3) is 0.704. The molecule has 224 valence electrons. The molecule has 0 atom stereocenters. The average Bonchev–Trinajstić information content (AvgIpc) is 2.84. The Labute approximate surface area is 233 Å². The van der Waals surface area contributed by atoms with Crippen molar-refractivity contribution < 1.29 is 42.1 Å². The smallest absolute Gasteiger partial charge is 0.292 e. The van der Waals surface area contributed by atoms with E-state index in [1.165, 1.54) is 57.8 Å². The Bertz CT molecular complexity index is 982. The molecule has 1 rings (SSSR count). The molecule has 0 aliphatic rings.